The molecule has 0 fully saturated rings. The Balaban J connectivity index is 0.000000180. The summed E-state index contributed by atoms with van der Waals surface area (Å²) in [4.78, 5) is 0. The average molecular weight is 414 g/mol. The zero-order valence-electron chi connectivity index (χ0n) is 15.3. The van der Waals surface area contributed by atoms with Crippen molar-refractivity contribution in [2.45, 2.75) is 0 Å². The maximum Gasteiger partial charge on any atom is 0.0690 e. The molecule has 0 atom stereocenters. The molecular formula is C12H18N18. The van der Waals surface area contributed by atoms with Crippen LogP contribution in [0.2, 0.25) is 0 Å². The SMILES string of the molecule is c1c[nH]nn1.c1c[nH]nn1.c1c[nH]nn1.c1c[nH]nn1.c1c[nH]nn1.c1c[nH]nn1. The lowest BCUT2D eigenvalue weighted by Gasteiger charge is -1.46. The summed E-state index contributed by atoms with van der Waals surface area (Å²) in [5.41, 5.74) is 0. The van der Waals surface area contributed by atoms with Crippen LogP contribution in [-0.2, 0) is 0 Å². The van der Waals surface area contributed by atoms with E-state index in [2.05, 4.69) is 92.5 Å². The molecule has 30 heavy (non-hydrogen) atoms. The van der Waals surface area contributed by atoms with Crippen LogP contribution in [0.4, 0.5) is 0 Å². The molecule has 0 radical (unpaired) electrons. The Morgan fingerprint density at radius 1 is 0.267 bits per heavy atom. The van der Waals surface area contributed by atoms with Crippen LogP contribution in [0.1, 0.15) is 0 Å². The predicted molar refractivity (Wildman–Crippen MR) is 98.3 cm³/mol. The zero-order valence-corrected chi connectivity index (χ0v) is 15.3. The molecule has 18 heteroatoms. The third-order valence-corrected chi connectivity index (χ3v) is 1.99. The van der Waals surface area contributed by atoms with E-state index in [-0.39, 0.29) is 0 Å². The van der Waals surface area contributed by atoms with Gasteiger partial charge in [0.25, 0.3) is 0 Å². The molecule has 156 valence electrons. The summed E-state index contributed by atoms with van der Waals surface area (Å²) in [7, 11) is 0. The Labute approximate surface area is 167 Å². The second-order valence-electron chi connectivity index (χ2n) is 3.96. The van der Waals surface area contributed by atoms with Crippen LogP contribution in [0.3, 0.4) is 0 Å². The molecule has 6 rings (SSSR count). The number of H-pyrrole nitrogens is 6. The molecule has 6 N–H and O–H groups in total. The van der Waals surface area contributed by atoms with E-state index in [0.717, 1.165) is 0 Å². The number of aromatic amines is 6. The highest BCUT2D eigenvalue weighted by Gasteiger charge is 1.60. The van der Waals surface area contributed by atoms with Crippen LogP contribution < -0.4 is 0 Å². The highest BCUT2D eigenvalue weighted by Crippen LogP contribution is 1.57. The van der Waals surface area contributed by atoms with Gasteiger partial charge in [-0.2, -0.15) is 0 Å². The molecule has 0 aliphatic carbocycles. The molecule has 0 aliphatic heterocycles. The van der Waals surface area contributed by atoms with Crippen LogP contribution in [0.15, 0.2) is 74.4 Å². The first kappa shape index (κ1) is 22.9. The van der Waals surface area contributed by atoms with Crippen LogP contribution in [0.25, 0.3) is 0 Å². The predicted octanol–water partition coefficient (Wildman–Crippen LogP) is -1.17. The summed E-state index contributed by atoms with van der Waals surface area (Å²) in [5, 5.41) is 55.6. The van der Waals surface area contributed by atoms with Gasteiger partial charge in [0, 0.05) is 37.2 Å². The first-order valence-electron chi connectivity index (χ1n) is 7.82. The maximum atomic E-state index is 3.42. The van der Waals surface area contributed by atoms with Gasteiger partial charge in [-0.25, -0.2) is 0 Å². The monoisotopic (exact) mass is 414 g/mol. The van der Waals surface area contributed by atoms with Gasteiger partial charge in [0.1, 0.15) is 0 Å². The van der Waals surface area contributed by atoms with Gasteiger partial charge in [0.05, 0.1) is 37.2 Å². The van der Waals surface area contributed by atoms with Crippen LogP contribution in [0.5, 0.6) is 0 Å². The van der Waals surface area contributed by atoms with E-state index in [1.54, 1.807) is 74.4 Å². The molecule has 0 amide bonds. The molecule has 0 aliphatic rings. The van der Waals surface area contributed by atoms with Gasteiger partial charge in [0.15, 0.2) is 0 Å². The molecule has 0 unspecified atom stereocenters. The van der Waals surface area contributed by atoms with Crippen molar-refractivity contribution in [1.82, 2.24) is 92.5 Å². The Kier molecular flexibility index (Phi) is 15.4. The Morgan fingerprint density at radius 2 is 0.433 bits per heavy atom. The van der Waals surface area contributed by atoms with E-state index >= 15 is 0 Å². The van der Waals surface area contributed by atoms with Crippen molar-refractivity contribution in [2.24, 2.45) is 0 Å². The van der Waals surface area contributed by atoms with E-state index in [4.69, 9.17) is 0 Å². The molecule has 6 aromatic heterocycles. The number of aromatic nitrogens is 18. The van der Waals surface area contributed by atoms with E-state index in [1.807, 2.05) is 0 Å². The van der Waals surface area contributed by atoms with Gasteiger partial charge in [-0.1, -0.05) is 31.3 Å². The van der Waals surface area contributed by atoms with Gasteiger partial charge < -0.3 is 0 Å². The second-order valence-corrected chi connectivity index (χ2v) is 3.96. The van der Waals surface area contributed by atoms with Crippen molar-refractivity contribution in [3.05, 3.63) is 74.4 Å². The molecule has 0 saturated heterocycles. The standard InChI is InChI=1S/6C2H3N3/c6*1-2-4-5-3-1/h6*1-2H,(H,3,4,5). The zero-order chi connectivity index (χ0) is 21.2. The van der Waals surface area contributed by atoms with Crippen molar-refractivity contribution in [3.8, 4) is 0 Å². The van der Waals surface area contributed by atoms with Gasteiger partial charge in [-0.05, 0) is 0 Å². The van der Waals surface area contributed by atoms with Gasteiger partial charge in [0.2, 0.25) is 0 Å². The van der Waals surface area contributed by atoms with E-state index in [9.17, 15) is 0 Å². The minimum absolute atomic E-state index is 1.58. The third-order valence-electron chi connectivity index (χ3n) is 1.99. The van der Waals surface area contributed by atoms with Crippen molar-refractivity contribution >= 4 is 0 Å². The lowest BCUT2D eigenvalue weighted by molar-refractivity contribution is 0.940. The summed E-state index contributed by atoms with van der Waals surface area (Å²) in [6.45, 7) is 0. The number of nitrogens with zero attached hydrogens (tertiary/aromatic N) is 12. The fraction of sp³-hybridized carbons (Fsp3) is 0. The quantitative estimate of drug-likeness (QED) is 0.172. The summed E-state index contributed by atoms with van der Waals surface area (Å²) in [6.07, 6.45) is 19.4. The van der Waals surface area contributed by atoms with Crippen molar-refractivity contribution < 1.29 is 0 Å². The van der Waals surface area contributed by atoms with Crippen LogP contribution >= 0.6 is 0 Å². The molecule has 0 saturated carbocycles. The van der Waals surface area contributed by atoms with E-state index < -0.39 is 0 Å². The van der Waals surface area contributed by atoms with E-state index in [0.29, 0.717) is 0 Å². The largest absolute Gasteiger partial charge is 0.266 e. The lowest BCUT2D eigenvalue weighted by Crippen LogP contribution is -1.61. The lowest BCUT2D eigenvalue weighted by atomic mass is 11.0. The Morgan fingerprint density at radius 3 is 0.467 bits per heavy atom. The normalized spacial score (nSPS) is 8.00. The Bertz CT molecular complexity index is 572. The fourth-order valence-corrected chi connectivity index (χ4v) is 1.000. The maximum absolute atomic E-state index is 3.42. The summed E-state index contributed by atoms with van der Waals surface area (Å²) >= 11 is 0. The highest BCUT2D eigenvalue weighted by molar-refractivity contribution is 4.57. The number of hydrogen-bond acceptors (Lipinski definition) is 12. The first-order chi connectivity index (χ1) is 15.0. The smallest absolute Gasteiger partial charge is 0.0690 e. The number of nitrogens with one attached hydrogen (secondary N) is 6. The molecule has 0 bridgehead atoms. The highest BCUT2D eigenvalue weighted by atomic mass is 15.3. The molecular weight excluding hydrogens is 396 g/mol. The van der Waals surface area contributed by atoms with Gasteiger partial charge in [-0.3, -0.25) is 30.6 Å². The number of rotatable bonds is 0. The molecule has 18 nitrogen and oxygen atoms in total. The number of hydrogen-bond donors (Lipinski definition) is 6. The summed E-state index contributed by atoms with van der Waals surface area (Å²) in [6, 6.07) is 0. The average Bonchev–Trinajstić information content (AvgIpc) is 3.69. The van der Waals surface area contributed by atoms with Crippen molar-refractivity contribution in [3.63, 3.8) is 0 Å². The molecule has 0 spiro atoms. The minimum atomic E-state index is 1.58. The summed E-state index contributed by atoms with van der Waals surface area (Å²) in [5.74, 6) is 0. The fourth-order valence-electron chi connectivity index (χ4n) is 1.000. The topological polar surface area (TPSA) is 249 Å². The van der Waals surface area contributed by atoms with Crippen LogP contribution in [0, 0.1) is 0 Å². The molecule has 6 heterocycles. The van der Waals surface area contributed by atoms with Crippen LogP contribution in [-0.4, -0.2) is 92.5 Å². The van der Waals surface area contributed by atoms with E-state index in [1.165, 1.54) is 0 Å². The Hall–Kier alpha value is -5.16. The van der Waals surface area contributed by atoms with Gasteiger partial charge >= 0.3 is 0 Å². The van der Waals surface area contributed by atoms with Crippen molar-refractivity contribution in [1.29, 1.82) is 0 Å². The second kappa shape index (κ2) is 20.2. The summed E-state index contributed by atoms with van der Waals surface area (Å²) < 4.78 is 0. The third kappa shape index (κ3) is 17.7. The first-order valence-corrected chi connectivity index (χ1v) is 7.82. The molecule has 6 aromatic rings. The van der Waals surface area contributed by atoms with Crippen molar-refractivity contribution in [2.75, 3.05) is 0 Å². The van der Waals surface area contributed by atoms with Gasteiger partial charge in [-0.15, -0.1) is 30.6 Å². The molecule has 0 aromatic carbocycles. The minimum Gasteiger partial charge on any atom is -0.266 e.